The first-order valence-corrected chi connectivity index (χ1v) is 11.3. The molecule has 0 aliphatic carbocycles. The van der Waals surface area contributed by atoms with E-state index in [1.165, 1.54) is 11.8 Å². The van der Waals surface area contributed by atoms with Gasteiger partial charge in [0, 0.05) is 32.4 Å². The Balaban J connectivity index is 2.15. The smallest absolute Gasteiger partial charge is 0.339 e. The molecule has 1 heterocycles. The summed E-state index contributed by atoms with van der Waals surface area (Å²) >= 11 is 0. The highest BCUT2D eigenvalue weighted by atomic mass is 32.2. The number of alkyl halides is 3. The number of hydrogen-bond acceptors (Lipinski definition) is 5. The summed E-state index contributed by atoms with van der Waals surface area (Å²) in [5.41, 5.74) is -1.07. The van der Waals surface area contributed by atoms with Crippen molar-refractivity contribution in [3.63, 3.8) is 0 Å². The van der Waals surface area contributed by atoms with Crippen molar-refractivity contribution >= 4 is 25.8 Å². The minimum Gasteiger partial charge on any atom is -0.339 e. The number of sulfonamides is 1. The summed E-state index contributed by atoms with van der Waals surface area (Å²) in [4.78, 5) is 12.9. The summed E-state index contributed by atoms with van der Waals surface area (Å²) in [5, 5.41) is -1.25. The Morgan fingerprint density at radius 1 is 1.07 bits per heavy atom. The van der Waals surface area contributed by atoms with Crippen LogP contribution in [0.4, 0.5) is 13.2 Å². The Bertz CT molecular complexity index is 921. The molecule has 2 rings (SSSR count). The lowest BCUT2D eigenvalue weighted by molar-refractivity contribution is -0.137. The van der Waals surface area contributed by atoms with E-state index in [1.54, 1.807) is 0 Å². The fourth-order valence-corrected chi connectivity index (χ4v) is 4.55. The Morgan fingerprint density at radius 2 is 1.63 bits per heavy atom. The van der Waals surface area contributed by atoms with Crippen molar-refractivity contribution in [2.24, 2.45) is 0 Å². The Labute approximate surface area is 155 Å². The summed E-state index contributed by atoms with van der Waals surface area (Å²) < 4.78 is 87.6. The Hall–Kier alpha value is -1.66. The largest absolute Gasteiger partial charge is 0.416 e. The molecule has 1 aromatic carbocycles. The molecule has 27 heavy (non-hydrogen) atoms. The minimum absolute atomic E-state index is 0.0448. The number of halogens is 3. The van der Waals surface area contributed by atoms with Crippen molar-refractivity contribution in [1.82, 2.24) is 9.21 Å². The molecule has 1 aliphatic heterocycles. The molecule has 7 nitrogen and oxygen atoms in total. The van der Waals surface area contributed by atoms with Crippen LogP contribution in [0.2, 0.25) is 0 Å². The van der Waals surface area contributed by atoms with E-state index in [-0.39, 0.29) is 26.2 Å². The van der Waals surface area contributed by atoms with E-state index < -0.39 is 47.7 Å². The van der Waals surface area contributed by atoms with Crippen LogP contribution in [0.15, 0.2) is 29.2 Å². The number of carbonyl (C=O) groups excluding carboxylic acids is 1. The second kappa shape index (κ2) is 7.40. The maximum absolute atomic E-state index is 12.8. The van der Waals surface area contributed by atoms with Crippen LogP contribution in [0.1, 0.15) is 12.5 Å². The van der Waals surface area contributed by atoms with Crippen LogP contribution in [0.5, 0.6) is 0 Å². The third-order valence-corrected chi connectivity index (χ3v) is 7.72. The van der Waals surface area contributed by atoms with Gasteiger partial charge in [-0.2, -0.15) is 17.5 Å². The van der Waals surface area contributed by atoms with Gasteiger partial charge in [0.25, 0.3) is 0 Å². The molecule has 1 unspecified atom stereocenters. The van der Waals surface area contributed by atoms with Gasteiger partial charge in [-0.05, 0) is 25.1 Å². The topological polar surface area (TPSA) is 91.8 Å². The molecule has 1 aromatic rings. The molecule has 1 fully saturated rings. The number of rotatable bonds is 4. The predicted octanol–water partition coefficient (Wildman–Crippen LogP) is 0.971. The van der Waals surface area contributed by atoms with Crippen molar-refractivity contribution in [1.29, 1.82) is 0 Å². The maximum Gasteiger partial charge on any atom is 0.416 e. The maximum atomic E-state index is 12.8. The van der Waals surface area contributed by atoms with Crippen molar-refractivity contribution in [3.8, 4) is 0 Å². The molecule has 0 saturated carbocycles. The molecule has 1 atom stereocenters. The van der Waals surface area contributed by atoms with E-state index in [2.05, 4.69) is 0 Å². The lowest BCUT2D eigenvalue weighted by Gasteiger charge is -2.35. The molecule has 0 aromatic heterocycles. The van der Waals surface area contributed by atoms with Gasteiger partial charge in [0.1, 0.15) is 5.25 Å². The molecule has 0 N–H and O–H groups in total. The highest BCUT2D eigenvalue weighted by Crippen LogP contribution is 2.31. The van der Waals surface area contributed by atoms with Gasteiger partial charge in [0.05, 0.1) is 10.5 Å². The second-order valence-corrected chi connectivity index (χ2v) is 10.5. The van der Waals surface area contributed by atoms with Gasteiger partial charge in [-0.25, -0.2) is 16.8 Å². The summed E-state index contributed by atoms with van der Waals surface area (Å²) in [6, 6.07) is 3.44. The van der Waals surface area contributed by atoms with E-state index in [1.807, 2.05) is 0 Å². The third kappa shape index (κ3) is 4.79. The highest BCUT2D eigenvalue weighted by molar-refractivity contribution is 7.92. The molecule has 1 amide bonds. The monoisotopic (exact) mass is 428 g/mol. The van der Waals surface area contributed by atoms with Crippen molar-refractivity contribution in [2.45, 2.75) is 23.2 Å². The Morgan fingerprint density at radius 3 is 2.11 bits per heavy atom. The van der Waals surface area contributed by atoms with Gasteiger partial charge in [-0.15, -0.1) is 0 Å². The predicted molar refractivity (Wildman–Crippen MR) is 91.1 cm³/mol. The minimum atomic E-state index is -4.67. The number of piperazine rings is 1. The zero-order valence-electron chi connectivity index (χ0n) is 14.6. The average molecular weight is 428 g/mol. The van der Waals surface area contributed by atoms with E-state index in [9.17, 15) is 34.8 Å². The first-order valence-electron chi connectivity index (χ1n) is 7.89. The lowest BCUT2D eigenvalue weighted by atomic mass is 10.2. The summed E-state index contributed by atoms with van der Waals surface area (Å²) in [7, 11) is -7.75. The molecule has 152 valence electrons. The van der Waals surface area contributed by atoms with Crippen LogP contribution in [0.3, 0.4) is 0 Å². The molecule has 12 heteroatoms. The fraction of sp³-hybridized carbons (Fsp3) is 0.533. The number of hydrogen-bond donors (Lipinski definition) is 0. The van der Waals surface area contributed by atoms with Crippen LogP contribution in [0, 0.1) is 0 Å². The summed E-state index contributed by atoms with van der Waals surface area (Å²) in [6.07, 6.45) is -3.73. The lowest BCUT2D eigenvalue weighted by Crippen LogP contribution is -2.53. The zero-order chi connectivity index (χ0) is 20.6. The van der Waals surface area contributed by atoms with Crippen molar-refractivity contribution < 1.29 is 34.8 Å². The SMILES string of the molecule is CC(C(=O)N1CCN(S(=O)(=O)c2cccc(C(F)(F)F)c2)CC1)S(C)(=O)=O. The zero-order valence-corrected chi connectivity index (χ0v) is 16.2. The van der Waals surface area contributed by atoms with Gasteiger partial charge >= 0.3 is 6.18 Å². The third-order valence-electron chi connectivity index (χ3n) is 4.34. The number of sulfone groups is 1. The molecule has 1 saturated heterocycles. The second-order valence-electron chi connectivity index (χ2n) is 6.23. The van der Waals surface area contributed by atoms with Crippen molar-refractivity contribution in [3.05, 3.63) is 29.8 Å². The van der Waals surface area contributed by atoms with Gasteiger partial charge in [-0.3, -0.25) is 4.79 Å². The van der Waals surface area contributed by atoms with Crippen LogP contribution < -0.4 is 0 Å². The first-order chi connectivity index (χ1) is 12.2. The number of benzene rings is 1. The van der Waals surface area contributed by atoms with Crippen LogP contribution in [-0.4, -0.2) is 69.6 Å². The highest BCUT2D eigenvalue weighted by Gasteiger charge is 2.36. The van der Waals surface area contributed by atoms with E-state index >= 15 is 0 Å². The van der Waals surface area contributed by atoms with Crippen molar-refractivity contribution in [2.75, 3.05) is 32.4 Å². The average Bonchev–Trinajstić information content (AvgIpc) is 2.59. The van der Waals surface area contributed by atoms with Gasteiger partial charge in [0.2, 0.25) is 15.9 Å². The molecular weight excluding hydrogens is 409 g/mol. The first kappa shape index (κ1) is 21.6. The van der Waals surface area contributed by atoms with E-state index in [0.717, 1.165) is 28.8 Å². The summed E-state index contributed by atoms with van der Waals surface area (Å²) in [5.74, 6) is -0.631. The normalized spacial score (nSPS) is 18.3. The van der Waals surface area contributed by atoms with Gasteiger partial charge < -0.3 is 4.90 Å². The number of nitrogens with zero attached hydrogens (tertiary/aromatic N) is 2. The standard InChI is InChI=1S/C15H19F3N2O5S2/c1-11(26(2,22)23)14(21)19-6-8-20(9-7-19)27(24,25)13-5-3-4-12(10-13)15(16,17)18/h3-5,10-11H,6-9H2,1-2H3. The van der Waals surface area contributed by atoms with E-state index in [0.29, 0.717) is 6.07 Å². The van der Waals surface area contributed by atoms with Gasteiger partial charge in [-0.1, -0.05) is 6.07 Å². The molecule has 1 aliphatic rings. The van der Waals surface area contributed by atoms with Crippen LogP contribution in [-0.2, 0) is 30.8 Å². The van der Waals surface area contributed by atoms with Crippen LogP contribution in [0.25, 0.3) is 0 Å². The van der Waals surface area contributed by atoms with Gasteiger partial charge in [0.15, 0.2) is 9.84 Å². The molecular formula is C15H19F3N2O5S2. The number of carbonyl (C=O) groups is 1. The quantitative estimate of drug-likeness (QED) is 0.713. The van der Waals surface area contributed by atoms with Crippen LogP contribution >= 0.6 is 0 Å². The number of amides is 1. The molecule has 0 radical (unpaired) electrons. The molecule has 0 spiro atoms. The molecule has 0 bridgehead atoms. The summed E-state index contributed by atoms with van der Waals surface area (Å²) in [6.45, 7) is 0.888. The fourth-order valence-electron chi connectivity index (χ4n) is 2.57. The van der Waals surface area contributed by atoms with E-state index in [4.69, 9.17) is 0 Å². The Kier molecular flexibility index (Phi) is 5.93.